The lowest BCUT2D eigenvalue weighted by Crippen LogP contribution is -2.27. The maximum absolute atomic E-state index is 12.7. The Morgan fingerprint density at radius 2 is 2.00 bits per heavy atom. The van der Waals surface area contributed by atoms with E-state index in [-0.39, 0.29) is 5.91 Å². The van der Waals surface area contributed by atoms with Crippen molar-refractivity contribution in [2.75, 3.05) is 12.0 Å². The molecule has 1 fully saturated rings. The molecule has 0 radical (unpaired) electrons. The molecule has 0 aromatic heterocycles. The van der Waals surface area contributed by atoms with Gasteiger partial charge in [-0.05, 0) is 57.9 Å². The van der Waals surface area contributed by atoms with E-state index in [0.29, 0.717) is 9.23 Å². The smallest absolute Gasteiger partial charge is 0.270 e. The van der Waals surface area contributed by atoms with Crippen molar-refractivity contribution in [2.24, 2.45) is 0 Å². The zero-order valence-corrected chi connectivity index (χ0v) is 17.3. The second kappa shape index (κ2) is 7.39. The molecular formula is C17H11Br2NO2S2. The SMILES string of the molecule is COc1ccc(C=C2SC(=S)N(c3cccc(Br)c3)C2=O)cc1Br. The molecule has 1 heterocycles. The molecular weight excluding hydrogens is 474 g/mol. The number of anilines is 1. The molecule has 1 saturated heterocycles. The van der Waals surface area contributed by atoms with Gasteiger partial charge in [0.1, 0.15) is 5.75 Å². The Bertz CT molecular complexity index is 867. The average Bonchev–Trinajstić information content (AvgIpc) is 2.81. The van der Waals surface area contributed by atoms with Crippen LogP contribution in [0.5, 0.6) is 5.75 Å². The number of benzene rings is 2. The number of hydrogen-bond donors (Lipinski definition) is 0. The van der Waals surface area contributed by atoms with E-state index in [2.05, 4.69) is 31.9 Å². The first-order valence-electron chi connectivity index (χ1n) is 6.86. The van der Waals surface area contributed by atoms with E-state index in [1.807, 2.05) is 48.5 Å². The molecule has 0 unspecified atom stereocenters. The summed E-state index contributed by atoms with van der Waals surface area (Å²) in [6.45, 7) is 0. The first-order valence-corrected chi connectivity index (χ1v) is 9.68. The lowest BCUT2D eigenvalue weighted by atomic mass is 10.2. The summed E-state index contributed by atoms with van der Waals surface area (Å²) >= 11 is 13.6. The Kier molecular flexibility index (Phi) is 5.44. The van der Waals surface area contributed by atoms with Crippen molar-refractivity contribution in [3.8, 4) is 5.75 Å². The van der Waals surface area contributed by atoms with Crippen molar-refractivity contribution in [3.63, 3.8) is 0 Å². The molecule has 2 aromatic carbocycles. The van der Waals surface area contributed by atoms with Gasteiger partial charge in [-0.3, -0.25) is 9.69 Å². The predicted octanol–water partition coefficient (Wildman–Crippen LogP) is 5.63. The van der Waals surface area contributed by atoms with Gasteiger partial charge in [0.15, 0.2) is 4.32 Å². The fourth-order valence-electron chi connectivity index (χ4n) is 2.23. The van der Waals surface area contributed by atoms with Crippen molar-refractivity contribution < 1.29 is 9.53 Å². The van der Waals surface area contributed by atoms with Crippen LogP contribution in [-0.2, 0) is 4.79 Å². The van der Waals surface area contributed by atoms with E-state index in [1.54, 1.807) is 12.0 Å². The van der Waals surface area contributed by atoms with Gasteiger partial charge in [-0.15, -0.1) is 0 Å². The Hall–Kier alpha value is -1.15. The van der Waals surface area contributed by atoms with Gasteiger partial charge in [0, 0.05) is 4.47 Å². The highest BCUT2D eigenvalue weighted by Crippen LogP contribution is 2.37. The minimum absolute atomic E-state index is 0.116. The van der Waals surface area contributed by atoms with Gasteiger partial charge < -0.3 is 4.74 Å². The van der Waals surface area contributed by atoms with E-state index >= 15 is 0 Å². The third-order valence-corrected chi connectivity index (χ3v) is 5.75. The molecule has 0 bridgehead atoms. The van der Waals surface area contributed by atoms with E-state index in [4.69, 9.17) is 17.0 Å². The third-order valence-electron chi connectivity index (χ3n) is 3.33. The van der Waals surface area contributed by atoms with Crippen LogP contribution in [0.4, 0.5) is 5.69 Å². The Morgan fingerprint density at radius 3 is 2.67 bits per heavy atom. The van der Waals surface area contributed by atoms with Crippen molar-refractivity contribution in [1.29, 1.82) is 0 Å². The number of amides is 1. The first-order chi connectivity index (χ1) is 11.5. The number of carbonyl (C=O) groups excluding carboxylic acids is 1. The molecule has 1 aliphatic heterocycles. The fourth-order valence-corrected chi connectivity index (χ4v) is 4.47. The normalized spacial score (nSPS) is 16.1. The minimum atomic E-state index is -0.116. The highest BCUT2D eigenvalue weighted by atomic mass is 79.9. The summed E-state index contributed by atoms with van der Waals surface area (Å²) in [7, 11) is 1.61. The number of methoxy groups -OCH3 is 1. The summed E-state index contributed by atoms with van der Waals surface area (Å²) in [6.07, 6.45) is 1.83. The molecule has 3 nitrogen and oxygen atoms in total. The topological polar surface area (TPSA) is 29.5 Å². The van der Waals surface area contributed by atoms with Crippen LogP contribution in [0, 0.1) is 0 Å². The molecule has 122 valence electrons. The molecule has 3 rings (SSSR count). The van der Waals surface area contributed by atoms with E-state index in [9.17, 15) is 4.79 Å². The quantitative estimate of drug-likeness (QED) is 0.417. The summed E-state index contributed by atoms with van der Waals surface area (Å²) in [4.78, 5) is 14.9. The molecule has 7 heteroatoms. The third kappa shape index (κ3) is 3.59. The highest BCUT2D eigenvalue weighted by Gasteiger charge is 2.33. The van der Waals surface area contributed by atoms with Gasteiger partial charge in [-0.1, -0.05) is 52.0 Å². The van der Waals surface area contributed by atoms with E-state index in [1.165, 1.54) is 11.8 Å². The van der Waals surface area contributed by atoms with Crippen LogP contribution < -0.4 is 9.64 Å². The summed E-state index contributed by atoms with van der Waals surface area (Å²) in [6, 6.07) is 13.2. The second-order valence-corrected chi connectivity index (χ2v) is 8.34. The number of halogens is 2. The molecule has 0 aliphatic carbocycles. The van der Waals surface area contributed by atoms with Gasteiger partial charge in [-0.2, -0.15) is 0 Å². The van der Waals surface area contributed by atoms with E-state index < -0.39 is 0 Å². The van der Waals surface area contributed by atoms with Crippen molar-refractivity contribution in [3.05, 3.63) is 61.9 Å². The summed E-state index contributed by atoms with van der Waals surface area (Å²) in [5.41, 5.74) is 1.66. The molecule has 2 aromatic rings. The Labute approximate surface area is 166 Å². The van der Waals surface area contributed by atoms with Crippen LogP contribution in [0.25, 0.3) is 6.08 Å². The summed E-state index contributed by atoms with van der Waals surface area (Å²) < 4.78 is 7.48. The predicted molar refractivity (Wildman–Crippen MR) is 110 cm³/mol. The standard InChI is InChI=1S/C17H11Br2NO2S2/c1-22-14-6-5-10(7-13(14)19)8-15-16(21)20(17(23)24-15)12-4-2-3-11(18)9-12/h2-9H,1H3. The van der Waals surface area contributed by atoms with Crippen LogP contribution in [0.15, 0.2) is 56.3 Å². The number of carbonyl (C=O) groups is 1. The van der Waals surface area contributed by atoms with Crippen LogP contribution in [0.1, 0.15) is 5.56 Å². The van der Waals surface area contributed by atoms with E-state index in [0.717, 1.165) is 25.9 Å². The van der Waals surface area contributed by atoms with Gasteiger partial charge >= 0.3 is 0 Å². The number of hydrogen-bond acceptors (Lipinski definition) is 4. The molecule has 0 atom stereocenters. The number of thioether (sulfide) groups is 1. The summed E-state index contributed by atoms with van der Waals surface area (Å²) in [5.74, 6) is 0.629. The van der Waals surface area contributed by atoms with Crippen molar-refractivity contribution in [2.45, 2.75) is 0 Å². The average molecular weight is 485 g/mol. The summed E-state index contributed by atoms with van der Waals surface area (Å²) in [5, 5.41) is 0. The number of thiocarbonyl (C=S) groups is 1. The maximum Gasteiger partial charge on any atom is 0.270 e. The molecule has 0 saturated carbocycles. The van der Waals surface area contributed by atoms with Gasteiger partial charge in [0.25, 0.3) is 5.91 Å². The zero-order chi connectivity index (χ0) is 17.3. The number of ether oxygens (including phenoxy) is 1. The second-order valence-electron chi connectivity index (χ2n) is 4.89. The Balaban J connectivity index is 1.92. The fraction of sp³-hybridized carbons (Fsp3) is 0.0588. The lowest BCUT2D eigenvalue weighted by molar-refractivity contribution is -0.113. The maximum atomic E-state index is 12.7. The van der Waals surface area contributed by atoms with Crippen LogP contribution in [0.2, 0.25) is 0 Å². The first kappa shape index (κ1) is 17.7. The van der Waals surface area contributed by atoms with Gasteiger partial charge in [-0.25, -0.2) is 0 Å². The molecule has 24 heavy (non-hydrogen) atoms. The monoisotopic (exact) mass is 483 g/mol. The number of rotatable bonds is 3. The van der Waals surface area contributed by atoms with Crippen LogP contribution >= 0.6 is 55.8 Å². The van der Waals surface area contributed by atoms with Crippen molar-refractivity contribution >= 4 is 77.8 Å². The van der Waals surface area contributed by atoms with Crippen LogP contribution in [-0.4, -0.2) is 17.3 Å². The molecule has 0 spiro atoms. The molecule has 1 amide bonds. The lowest BCUT2D eigenvalue weighted by Gasteiger charge is -2.14. The van der Waals surface area contributed by atoms with Crippen molar-refractivity contribution in [1.82, 2.24) is 0 Å². The molecule has 1 aliphatic rings. The Morgan fingerprint density at radius 1 is 1.21 bits per heavy atom. The van der Waals surface area contributed by atoms with Gasteiger partial charge in [0.2, 0.25) is 0 Å². The van der Waals surface area contributed by atoms with Crippen LogP contribution in [0.3, 0.4) is 0 Å². The van der Waals surface area contributed by atoms with Gasteiger partial charge in [0.05, 0.1) is 22.2 Å². The largest absolute Gasteiger partial charge is 0.496 e. The zero-order valence-electron chi connectivity index (χ0n) is 12.5. The minimum Gasteiger partial charge on any atom is -0.496 e. The number of nitrogens with zero attached hydrogens (tertiary/aromatic N) is 1. The molecule has 0 N–H and O–H groups in total. The highest BCUT2D eigenvalue weighted by molar-refractivity contribution is 9.10.